The molecule has 120 valence electrons. The van der Waals surface area contributed by atoms with Gasteiger partial charge in [-0.2, -0.15) is 0 Å². The van der Waals surface area contributed by atoms with E-state index in [1.165, 1.54) is 48.5 Å². The maximum absolute atomic E-state index is 13.3. The largest absolute Gasteiger partial charge is 0.438 e. The van der Waals surface area contributed by atoms with Crippen molar-refractivity contribution in [2.45, 2.75) is 0 Å². The molecule has 0 unspecified atom stereocenters. The Hall–Kier alpha value is -3.55. The highest BCUT2D eigenvalue weighted by Crippen LogP contribution is 2.21. The van der Waals surface area contributed by atoms with Crippen molar-refractivity contribution in [1.29, 1.82) is 0 Å². The molecule has 0 saturated heterocycles. The van der Waals surface area contributed by atoms with E-state index in [9.17, 15) is 19.3 Å². The van der Waals surface area contributed by atoms with Crippen molar-refractivity contribution < 1.29 is 18.5 Å². The quantitative estimate of drug-likeness (QED) is 0.588. The summed E-state index contributed by atoms with van der Waals surface area (Å²) >= 11 is 0. The highest BCUT2D eigenvalue weighted by Gasteiger charge is 2.13. The van der Waals surface area contributed by atoms with Crippen LogP contribution in [0.3, 0.4) is 0 Å². The van der Waals surface area contributed by atoms with Crippen LogP contribution < -0.4 is 11.3 Å². The summed E-state index contributed by atoms with van der Waals surface area (Å²) in [4.78, 5) is 26.0. The average Bonchev–Trinajstić information content (AvgIpc) is 2.53. The summed E-state index contributed by atoms with van der Waals surface area (Å²) in [7, 11) is 0. The first-order valence-electron chi connectivity index (χ1n) is 6.76. The van der Waals surface area contributed by atoms with E-state index < -0.39 is 16.6 Å². The molecule has 2 aromatic carbocycles. The molecule has 0 aliphatic heterocycles. The van der Waals surface area contributed by atoms with Crippen LogP contribution in [0.15, 0.2) is 57.9 Å². The zero-order valence-corrected chi connectivity index (χ0v) is 12.1. The van der Waals surface area contributed by atoms with Crippen LogP contribution in [0.4, 0.5) is 15.8 Å². The minimum absolute atomic E-state index is 0.0627. The van der Waals surface area contributed by atoms with E-state index in [1.807, 2.05) is 0 Å². The Balaban J connectivity index is 2.27. The minimum atomic E-state index is -0.817. The molecule has 1 heterocycles. The molecular formula is C16H10FN3O4. The van der Waals surface area contributed by atoms with Crippen LogP contribution in [0.5, 0.6) is 0 Å². The number of rotatable bonds is 3. The lowest BCUT2D eigenvalue weighted by Gasteiger charge is -2.02. The van der Waals surface area contributed by atoms with E-state index in [0.29, 0.717) is 5.39 Å². The second-order valence-electron chi connectivity index (χ2n) is 4.90. The summed E-state index contributed by atoms with van der Waals surface area (Å²) in [6, 6.07) is 10.7. The predicted molar refractivity (Wildman–Crippen MR) is 83.0 cm³/mol. The fourth-order valence-corrected chi connectivity index (χ4v) is 2.15. The van der Waals surface area contributed by atoms with Crippen molar-refractivity contribution in [2.75, 3.05) is 0 Å². The molecule has 1 amide bonds. The number of nitrogens with two attached hydrogens (primary N) is 1. The number of carbonyl (C=O) groups excluding carboxylic acids is 1. The van der Waals surface area contributed by atoms with Crippen LogP contribution in [0, 0.1) is 15.9 Å². The summed E-state index contributed by atoms with van der Waals surface area (Å²) < 4.78 is 18.8. The third kappa shape index (κ3) is 2.98. The van der Waals surface area contributed by atoms with Gasteiger partial charge in [0.25, 0.3) is 11.6 Å². The average molecular weight is 327 g/mol. The first-order chi connectivity index (χ1) is 11.4. The number of nitro benzene ring substituents is 1. The molecule has 0 saturated carbocycles. The van der Waals surface area contributed by atoms with E-state index in [-0.39, 0.29) is 28.1 Å². The Morgan fingerprint density at radius 3 is 2.67 bits per heavy atom. The Labute approximate surface area is 134 Å². The maximum Gasteiger partial charge on any atom is 0.270 e. The van der Waals surface area contributed by atoms with Crippen LogP contribution >= 0.6 is 0 Å². The molecule has 0 aliphatic carbocycles. The van der Waals surface area contributed by atoms with Gasteiger partial charge in [0.05, 0.1) is 10.6 Å². The van der Waals surface area contributed by atoms with Crippen LogP contribution in [0.2, 0.25) is 0 Å². The van der Waals surface area contributed by atoms with E-state index in [1.54, 1.807) is 0 Å². The molecule has 0 fully saturated rings. The molecule has 7 nitrogen and oxygen atoms in total. The number of amides is 1. The fraction of sp³-hybridized carbons (Fsp3) is 0. The van der Waals surface area contributed by atoms with Gasteiger partial charge in [-0.3, -0.25) is 14.9 Å². The van der Waals surface area contributed by atoms with Crippen LogP contribution in [-0.4, -0.2) is 10.8 Å². The summed E-state index contributed by atoms with van der Waals surface area (Å²) in [5.74, 6) is -1.31. The third-order valence-electron chi connectivity index (χ3n) is 3.25. The number of nitro groups is 1. The molecule has 8 heteroatoms. The summed E-state index contributed by atoms with van der Waals surface area (Å²) in [6.07, 6.45) is 0. The first-order valence-corrected chi connectivity index (χ1v) is 6.76. The van der Waals surface area contributed by atoms with Gasteiger partial charge < -0.3 is 10.2 Å². The number of primary amides is 1. The Bertz CT molecular complexity index is 1040. The van der Waals surface area contributed by atoms with Crippen molar-refractivity contribution in [2.24, 2.45) is 10.7 Å². The van der Waals surface area contributed by atoms with Crippen LogP contribution in [0.25, 0.3) is 11.0 Å². The lowest BCUT2D eigenvalue weighted by molar-refractivity contribution is -0.384. The molecule has 0 aliphatic rings. The summed E-state index contributed by atoms with van der Waals surface area (Å²) in [6.45, 7) is 0. The number of carbonyl (C=O) groups is 1. The van der Waals surface area contributed by atoms with Gasteiger partial charge in [0.2, 0.25) is 5.55 Å². The van der Waals surface area contributed by atoms with E-state index in [4.69, 9.17) is 10.2 Å². The van der Waals surface area contributed by atoms with Gasteiger partial charge >= 0.3 is 0 Å². The second-order valence-corrected chi connectivity index (χ2v) is 4.90. The van der Waals surface area contributed by atoms with Crippen molar-refractivity contribution in [3.8, 4) is 0 Å². The zero-order chi connectivity index (χ0) is 17.3. The molecule has 0 atom stereocenters. The van der Waals surface area contributed by atoms with Crippen LogP contribution in [0.1, 0.15) is 10.4 Å². The first kappa shape index (κ1) is 15.3. The zero-order valence-electron chi connectivity index (χ0n) is 12.1. The standard InChI is InChI=1S/C16H10FN3O4/c17-10-2-1-3-11(8-10)19-16-13(15(18)21)7-9-6-12(20(22)23)4-5-14(9)24-16/h1-8H,(H2,18,21). The molecule has 0 bridgehead atoms. The Morgan fingerprint density at radius 1 is 1.21 bits per heavy atom. The smallest absolute Gasteiger partial charge is 0.270 e. The van der Waals surface area contributed by atoms with Gasteiger partial charge in [-0.1, -0.05) is 6.07 Å². The molecule has 3 aromatic rings. The molecule has 0 radical (unpaired) electrons. The lowest BCUT2D eigenvalue weighted by atomic mass is 10.1. The Kier molecular flexibility index (Phi) is 3.78. The normalized spacial score (nSPS) is 11.6. The van der Waals surface area contributed by atoms with Gasteiger partial charge in [0.1, 0.15) is 17.0 Å². The monoisotopic (exact) mass is 327 g/mol. The number of nitrogens with zero attached hydrogens (tertiary/aromatic N) is 2. The summed E-state index contributed by atoms with van der Waals surface area (Å²) in [5.41, 5.74) is 5.52. The molecule has 0 spiro atoms. The van der Waals surface area contributed by atoms with E-state index >= 15 is 0 Å². The summed E-state index contributed by atoms with van der Waals surface area (Å²) in [5, 5.41) is 11.2. The predicted octanol–water partition coefficient (Wildman–Crippen LogP) is 2.81. The molecule has 2 N–H and O–H groups in total. The van der Waals surface area contributed by atoms with Crippen molar-refractivity contribution >= 4 is 28.3 Å². The number of hydrogen-bond acceptors (Lipinski definition) is 5. The van der Waals surface area contributed by atoms with Crippen molar-refractivity contribution in [3.63, 3.8) is 0 Å². The molecular weight excluding hydrogens is 317 g/mol. The lowest BCUT2D eigenvalue weighted by Crippen LogP contribution is -2.21. The van der Waals surface area contributed by atoms with E-state index in [2.05, 4.69) is 4.99 Å². The number of halogens is 1. The molecule has 1 aromatic heterocycles. The minimum Gasteiger partial charge on any atom is -0.438 e. The SMILES string of the molecule is NC(=O)c1cc2cc([N+](=O)[O-])ccc2oc1=Nc1cccc(F)c1. The number of hydrogen-bond donors (Lipinski definition) is 1. The van der Waals surface area contributed by atoms with Crippen LogP contribution in [-0.2, 0) is 0 Å². The van der Waals surface area contributed by atoms with Gasteiger partial charge in [-0.25, -0.2) is 9.38 Å². The molecule has 3 rings (SSSR count). The van der Waals surface area contributed by atoms with Crippen molar-refractivity contribution in [3.05, 3.63) is 75.6 Å². The number of benzene rings is 2. The topological polar surface area (TPSA) is 112 Å². The fourth-order valence-electron chi connectivity index (χ4n) is 2.15. The maximum atomic E-state index is 13.3. The third-order valence-corrected chi connectivity index (χ3v) is 3.25. The van der Waals surface area contributed by atoms with Gasteiger partial charge in [-0.05, 0) is 30.3 Å². The van der Waals surface area contributed by atoms with Crippen molar-refractivity contribution in [1.82, 2.24) is 0 Å². The van der Waals surface area contributed by atoms with Gasteiger partial charge in [0, 0.05) is 17.5 Å². The van der Waals surface area contributed by atoms with E-state index in [0.717, 1.165) is 0 Å². The Morgan fingerprint density at radius 2 is 2.00 bits per heavy atom. The second kappa shape index (κ2) is 5.92. The molecule has 24 heavy (non-hydrogen) atoms. The van der Waals surface area contributed by atoms with Gasteiger partial charge in [0.15, 0.2) is 0 Å². The van der Waals surface area contributed by atoms with Gasteiger partial charge in [-0.15, -0.1) is 0 Å². The highest BCUT2D eigenvalue weighted by molar-refractivity contribution is 5.95. The number of non-ortho nitro benzene ring substituents is 1. The highest BCUT2D eigenvalue weighted by atomic mass is 19.1. The number of fused-ring (bicyclic) bond motifs is 1.